The minimum atomic E-state index is -0.504. The highest BCUT2D eigenvalue weighted by atomic mass is 16.5. The predicted molar refractivity (Wildman–Crippen MR) is 155 cm³/mol. The zero-order valence-corrected chi connectivity index (χ0v) is 22.8. The SMILES string of the molecule is CC#CC(=O)Nc1cc2c(Oc3ccc(C(=O)Nc4ccccn4)cc3)ccnc2cc1OCCN1CCOCC1=O. The Bertz CT molecular complexity index is 1660. The van der Waals surface area contributed by atoms with Crippen molar-refractivity contribution in [3.05, 3.63) is 78.6 Å². The van der Waals surface area contributed by atoms with E-state index in [2.05, 4.69) is 32.4 Å². The van der Waals surface area contributed by atoms with Crippen LogP contribution in [0.15, 0.2) is 73.1 Å². The van der Waals surface area contributed by atoms with Crippen molar-refractivity contribution < 1.29 is 28.6 Å². The molecule has 0 saturated carbocycles. The Kier molecular flexibility index (Phi) is 8.86. The van der Waals surface area contributed by atoms with Gasteiger partial charge in [0.1, 0.15) is 36.3 Å². The molecule has 1 aliphatic heterocycles. The maximum atomic E-state index is 12.6. The van der Waals surface area contributed by atoms with Crippen LogP contribution in [-0.2, 0) is 14.3 Å². The van der Waals surface area contributed by atoms with Crippen molar-refractivity contribution >= 4 is 40.1 Å². The number of nitrogens with zero attached hydrogens (tertiary/aromatic N) is 3. The van der Waals surface area contributed by atoms with E-state index < -0.39 is 5.91 Å². The number of anilines is 2. The summed E-state index contributed by atoms with van der Waals surface area (Å²) in [6, 6.07) is 17.0. The highest BCUT2D eigenvalue weighted by molar-refractivity contribution is 6.06. The fraction of sp³-hybridized carbons (Fsp3) is 0.194. The van der Waals surface area contributed by atoms with Crippen molar-refractivity contribution in [1.82, 2.24) is 14.9 Å². The van der Waals surface area contributed by atoms with Crippen LogP contribution in [0.4, 0.5) is 11.5 Å². The maximum absolute atomic E-state index is 12.6. The van der Waals surface area contributed by atoms with Crippen LogP contribution in [0.2, 0.25) is 0 Å². The summed E-state index contributed by atoms with van der Waals surface area (Å²) < 4.78 is 17.3. The number of morpholine rings is 1. The fourth-order valence-corrected chi connectivity index (χ4v) is 4.20. The lowest BCUT2D eigenvalue weighted by Crippen LogP contribution is -2.43. The van der Waals surface area contributed by atoms with E-state index in [9.17, 15) is 14.4 Å². The number of fused-ring (bicyclic) bond motifs is 1. The third-order valence-corrected chi connectivity index (χ3v) is 6.24. The van der Waals surface area contributed by atoms with E-state index in [1.165, 1.54) is 0 Å². The molecule has 0 radical (unpaired) electrons. The van der Waals surface area contributed by atoms with E-state index in [0.29, 0.717) is 64.9 Å². The van der Waals surface area contributed by atoms with Crippen molar-refractivity contribution in [2.24, 2.45) is 0 Å². The van der Waals surface area contributed by atoms with E-state index in [-0.39, 0.29) is 25.0 Å². The number of ether oxygens (including phenoxy) is 3. The van der Waals surface area contributed by atoms with E-state index in [0.717, 1.165) is 0 Å². The summed E-state index contributed by atoms with van der Waals surface area (Å²) in [5.74, 6) is 5.95. The van der Waals surface area contributed by atoms with Crippen molar-refractivity contribution in [1.29, 1.82) is 0 Å². The van der Waals surface area contributed by atoms with Crippen LogP contribution in [0, 0.1) is 11.8 Å². The molecular formula is C31H27N5O6. The molecular weight excluding hydrogens is 538 g/mol. The lowest BCUT2D eigenvalue weighted by atomic mass is 10.1. The average Bonchev–Trinajstić information content (AvgIpc) is 2.99. The molecule has 4 aromatic rings. The standard InChI is InChI=1S/C31H27N5O6/c1-2-5-29(37)34-25-18-23-24(19-27(25)41-17-15-36-14-16-40-20-30(36)38)32-13-11-26(23)42-22-9-7-21(8-10-22)31(39)35-28-6-3-4-12-33-28/h3-4,6-13,18-19H,14-17,20H2,1H3,(H,34,37)(H,33,35,39). The lowest BCUT2D eigenvalue weighted by Gasteiger charge is -2.26. The van der Waals surface area contributed by atoms with Gasteiger partial charge in [-0.2, -0.15) is 0 Å². The van der Waals surface area contributed by atoms with Gasteiger partial charge >= 0.3 is 0 Å². The third kappa shape index (κ3) is 6.99. The maximum Gasteiger partial charge on any atom is 0.300 e. The number of benzene rings is 2. The molecule has 1 fully saturated rings. The van der Waals surface area contributed by atoms with Gasteiger partial charge < -0.3 is 29.7 Å². The molecule has 5 rings (SSSR count). The molecule has 2 aromatic heterocycles. The summed E-state index contributed by atoms with van der Waals surface area (Å²) >= 11 is 0. The zero-order chi connectivity index (χ0) is 29.3. The van der Waals surface area contributed by atoms with Crippen LogP contribution < -0.4 is 20.1 Å². The van der Waals surface area contributed by atoms with Gasteiger partial charge in [0, 0.05) is 36.0 Å². The first-order valence-electron chi connectivity index (χ1n) is 13.2. The van der Waals surface area contributed by atoms with E-state index >= 15 is 0 Å². The van der Waals surface area contributed by atoms with Gasteiger partial charge in [0.05, 0.1) is 24.4 Å². The minimum absolute atomic E-state index is 0.0563. The molecule has 3 heterocycles. The normalized spacial score (nSPS) is 12.7. The highest BCUT2D eigenvalue weighted by Gasteiger charge is 2.19. The van der Waals surface area contributed by atoms with Crippen LogP contribution >= 0.6 is 0 Å². The summed E-state index contributed by atoms with van der Waals surface area (Å²) in [4.78, 5) is 47.2. The number of nitrogens with one attached hydrogen (secondary N) is 2. The summed E-state index contributed by atoms with van der Waals surface area (Å²) in [6.07, 6.45) is 3.20. The molecule has 1 aliphatic rings. The Balaban J connectivity index is 1.35. The van der Waals surface area contributed by atoms with Crippen molar-refractivity contribution in [3.8, 4) is 29.1 Å². The predicted octanol–water partition coefficient (Wildman–Crippen LogP) is 3.87. The molecule has 11 nitrogen and oxygen atoms in total. The molecule has 1 saturated heterocycles. The summed E-state index contributed by atoms with van der Waals surface area (Å²) in [6.45, 7) is 3.17. The molecule has 11 heteroatoms. The fourth-order valence-electron chi connectivity index (χ4n) is 4.20. The largest absolute Gasteiger partial charge is 0.489 e. The van der Waals surface area contributed by atoms with Crippen LogP contribution in [-0.4, -0.2) is 65.5 Å². The van der Waals surface area contributed by atoms with Gasteiger partial charge in [-0.15, -0.1) is 0 Å². The molecule has 0 spiro atoms. The monoisotopic (exact) mass is 565 g/mol. The highest BCUT2D eigenvalue weighted by Crippen LogP contribution is 2.36. The second-order valence-electron chi connectivity index (χ2n) is 9.08. The second kappa shape index (κ2) is 13.3. The summed E-state index contributed by atoms with van der Waals surface area (Å²) in [7, 11) is 0. The molecule has 0 atom stereocenters. The molecule has 42 heavy (non-hydrogen) atoms. The van der Waals surface area contributed by atoms with Crippen LogP contribution in [0.25, 0.3) is 10.9 Å². The van der Waals surface area contributed by atoms with Gasteiger partial charge in [-0.1, -0.05) is 12.0 Å². The van der Waals surface area contributed by atoms with Crippen molar-refractivity contribution in [3.63, 3.8) is 0 Å². The quantitative estimate of drug-likeness (QED) is 0.293. The Morgan fingerprint density at radius 1 is 1.02 bits per heavy atom. The second-order valence-corrected chi connectivity index (χ2v) is 9.08. The van der Waals surface area contributed by atoms with Crippen molar-refractivity contribution in [2.75, 3.05) is 43.5 Å². The Labute approximate surface area is 241 Å². The first-order chi connectivity index (χ1) is 20.5. The lowest BCUT2D eigenvalue weighted by molar-refractivity contribution is -0.143. The number of amides is 3. The molecule has 0 bridgehead atoms. The van der Waals surface area contributed by atoms with Gasteiger partial charge in [-0.3, -0.25) is 19.4 Å². The molecule has 212 valence electrons. The van der Waals surface area contributed by atoms with Crippen LogP contribution in [0.1, 0.15) is 17.3 Å². The van der Waals surface area contributed by atoms with Gasteiger partial charge in [0.15, 0.2) is 0 Å². The number of rotatable bonds is 9. The molecule has 3 amide bonds. The first kappa shape index (κ1) is 28.1. The number of aromatic nitrogens is 2. The van der Waals surface area contributed by atoms with Crippen molar-refractivity contribution in [2.45, 2.75) is 6.92 Å². The first-order valence-corrected chi connectivity index (χ1v) is 13.2. The Morgan fingerprint density at radius 2 is 1.88 bits per heavy atom. The molecule has 2 aromatic carbocycles. The number of hydrogen-bond acceptors (Lipinski definition) is 8. The number of hydrogen-bond donors (Lipinski definition) is 2. The summed E-state index contributed by atoms with van der Waals surface area (Å²) in [5, 5.41) is 6.12. The zero-order valence-electron chi connectivity index (χ0n) is 22.8. The van der Waals surface area contributed by atoms with E-state index in [1.807, 2.05) is 0 Å². The molecule has 0 unspecified atom stereocenters. The number of carbonyl (C=O) groups excluding carboxylic acids is 3. The van der Waals surface area contributed by atoms with Gasteiger partial charge in [0.2, 0.25) is 5.91 Å². The van der Waals surface area contributed by atoms with Gasteiger partial charge in [0.25, 0.3) is 11.8 Å². The van der Waals surface area contributed by atoms with Gasteiger partial charge in [-0.25, -0.2) is 4.98 Å². The minimum Gasteiger partial charge on any atom is -0.489 e. The van der Waals surface area contributed by atoms with Gasteiger partial charge in [-0.05, 0) is 61.4 Å². The van der Waals surface area contributed by atoms with Crippen LogP contribution in [0.3, 0.4) is 0 Å². The van der Waals surface area contributed by atoms with E-state index in [4.69, 9.17) is 14.2 Å². The Hall–Kier alpha value is -5.47. The summed E-state index contributed by atoms with van der Waals surface area (Å²) in [5.41, 5.74) is 1.38. The Morgan fingerprint density at radius 3 is 2.64 bits per heavy atom. The number of carbonyl (C=O) groups is 3. The molecule has 0 aliphatic carbocycles. The van der Waals surface area contributed by atoms with E-state index in [1.54, 1.807) is 84.9 Å². The smallest absolute Gasteiger partial charge is 0.300 e. The van der Waals surface area contributed by atoms with Crippen LogP contribution in [0.5, 0.6) is 17.2 Å². The average molecular weight is 566 g/mol. The third-order valence-electron chi connectivity index (χ3n) is 6.24. The number of pyridine rings is 2. The molecule has 2 N–H and O–H groups in total. The topological polar surface area (TPSA) is 132 Å².